The number of nitrogens with zero attached hydrogens (tertiary/aromatic N) is 3. The summed E-state index contributed by atoms with van der Waals surface area (Å²) in [6, 6.07) is 23.0. The van der Waals surface area contributed by atoms with Gasteiger partial charge in [-0.3, -0.25) is 9.97 Å². The smallest absolute Gasteiger partial charge is 0.106 e. The predicted molar refractivity (Wildman–Crippen MR) is 113 cm³/mol. The summed E-state index contributed by atoms with van der Waals surface area (Å²) in [5.74, 6) is 0. The molecular weight excluding hydrogens is 350 g/mol. The van der Waals surface area contributed by atoms with Gasteiger partial charge in [0.25, 0.3) is 0 Å². The van der Waals surface area contributed by atoms with Crippen molar-refractivity contribution < 1.29 is 0 Å². The number of fused-ring (bicyclic) bond motifs is 6. The highest BCUT2D eigenvalue weighted by Crippen LogP contribution is 2.38. The van der Waals surface area contributed by atoms with Gasteiger partial charge in [0, 0.05) is 38.6 Å². The first kappa shape index (κ1) is 14.8. The summed E-state index contributed by atoms with van der Waals surface area (Å²) in [5, 5.41) is 4.70. The molecule has 4 aromatic heterocycles. The standard InChI is InChI=1S/C23H13N3S/c1-2-6-19-16(5-1)17-11-13-25-22(23(17)27-19)18-10-9-15-8-7-14-4-3-12-24-20(14)21(15)26-18/h1-13H. The van der Waals surface area contributed by atoms with Crippen LogP contribution in [0.1, 0.15) is 0 Å². The molecule has 0 amide bonds. The zero-order valence-corrected chi connectivity index (χ0v) is 15.1. The number of rotatable bonds is 1. The van der Waals surface area contributed by atoms with Crippen molar-refractivity contribution in [1.82, 2.24) is 15.0 Å². The second-order valence-corrected chi connectivity index (χ2v) is 7.60. The maximum atomic E-state index is 4.98. The largest absolute Gasteiger partial charge is 0.254 e. The van der Waals surface area contributed by atoms with Crippen LogP contribution in [0.4, 0.5) is 0 Å². The van der Waals surface area contributed by atoms with Crippen molar-refractivity contribution in [1.29, 1.82) is 0 Å². The van der Waals surface area contributed by atoms with E-state index in [1.807, 2.05) is 18.5 Å². The second kappa shape index (κ2) is 5.56. The van der Waals surface area contributed by atoms with E-state index in [4.69, 9.17) is 4.98 Å². The van der Waals surface area contributed by atoms with Gasteiger partial charge >= 0.3 is 0 Å². The Kier molecular flexibility index (Phi) is 3.04. The van der Waals surface area contributed by atoms with Crippen LogP contribution in [0.5, 0.6) is 0 Å². The van der Waals surface area contributed by atoms with Crippen LogP contribution in [0.2, 0.25) is 0 Å². The van der Waals surface area contributed by atoms with Crippen LogP contribution in [0.3, 0.4) is 0 Å². The lowest BCUT2D eigenvalue weighted by Gasteiger charge is -2.06. The van der Waals surface area contributed by atoms with E-state index in [2.05, 4.69) is 70.6 Å². The van der Waals surface area contributed by atoms with Crippen LogP contribution >= 0.6 is 11.3 Å². The third kappa shape index (κ3) is 2.17. The summed E-state index contributed by atoms with van der Waals surface area (Å²) in [7, 11) is 0. The molecule has 0 aliphatic heterocycles. The molecule has 0 unspecified atom stereocenters. The molecule has 0 fully saturated rings. The van der Waals surface area contributed by atoms with Gasteiger partial charge in [0.15, 0.2) is 0 Å². The number of aromatic nitrogens is 3. The third-order valence-electron chi connectivity index (χ3n) is 4.97. The molecule has 3 nitrogen and oxygen atoms in total. The van der Waals surface area contributed by atoms with E-state index in [1.165, 1.54) is 20.2 Å². The maximum absolute atomic E-state index is 4.98. The van der Waals surface area contributed by atoms with E-state index in [0.29, 0.717) is 0 Å². The number of pyridine rings is 3. The SMILES string of the molecule is c1cnc2c(c1)ccc1ccc(-c3nccc4c3sc3ccccc34)nc12. The summed E-state index contributed by atoms with van der Waals surface area (Å²) < 4.78 is 2.45. The fraction of sp³-hybridized carbons (Fsp3) is 0. The van der Waals surface area contributed by atoms with E-state index in [0.717, 1.165) is 33.2 Å². The number of hydrogen-bond acceptors (Lipinski definition) is 4. The summed E-state index contributed by atoms with van der Waals surface area (Å²) in [5.41, 5.74) is 3.67. The van der Waals surface area contributed by atoms with Crippen LogP contribution < -0.4 is 0 Å². The molecule has 0 aliphatic rings. The minimum atomic E-state index is 0.887. The fourth-order valence-electron chi connectivity index (χ4n) is 3.69. The van der Waals surface area contributed by atoms with Crippen LogP contribution in [0.15, 0.2) is 79.1 Å². The van der Waals surface area contributed by atoms with Crippen molar-refractivity contribution in [3.8, 4) is 11.4 Å². The minimum Gasteiger partial charge on any atom is -0.254 e. The van der Waals surface area contributed by atoms with E-state index in [9.17, 15) is 0 Å². The van der Waals surface area contributed by atoms with Gasteiger partial charge in [0.05, 0.1) is 21.4 Å². The van der Waals surface area contributed by atoms with Gasteiger partial charge in [-0.1, -0.05) is 42.5 Å². The van der Waals surface area contributed by atoms with Crippen LogP contribution in [0, 0.1) is 0 Å². The molecule has 0 atom stereocenters. The average Bonchev–Trinajstić information content (AvgIpc) is 3.12. The normalized spacial score (nSPS) is 11.7. The molecule has 4 heteroatoms. The van der Waals surface area contributed by atoms with E-state index in [-0.39, 0.29) is 0 Å². The Morgan fingerprint density at radius 1 is 0.630 bits per heavy atom. The van der Waals surface area contributed by atoms with E-state index in [1.54, 1.807) is 11.3 Å². The van der Waals surface area contributed by atoms with Crippen molar-refractivity contribution in [3.63, 3.8) is 0 Å². The van der Waals surface area contributed by atoms with E-state index >= 15 is 0 Å². The van der Waals surface area contributed by atoms with Gasteiger partial charge < -0.3 is 0 Å². The lowest BCUT2D eigenvalue weighted by atomic mass is 10.1. The molecule has 0 saturated carbocycles. The molecular formula is C23H13N3S. The highest BCUT2D eigenvalue weighted by molar-refractivity contribution is 7.26. The molecule has 6 aromatic rings. The molecule has 0 saturated heterocycles. The van der Waals surface area contributed by atoms with Crippen molar-refractivity contribution in [2.24, 2.45) is 0 Å². The molecule has 0 radical (unpaired) electrons. The van der Waals surface area contributed by atoms with Crippen molar-refractivity contribution in [2.45, 2.75) is 0 Å². The summed E-state index contributed by atoms with van der Waals surface area (Å²) in [4.78, 5) is 14.2. The Balaban J connectivity index is 1.69. The molecule has 6 rings (SSSR count). The summed E-state index contributed by atoms with van der Waals surface area (Å²) in [6.45, 7) is 0. The van der Waals surface area contributed by atoms with Crippen LogP contribution in [-0.4, -0.2) is 15.0 Å². The molecule has 0 aliphatic carbocycles. The number of benzene rings is 2. The lowest BCUT2D eigenvalue weighted by Crippen LogP contribution is -1.90. The van der Waals surface area contributed by atoms with Gasteiger partial charge in [-0.15, -0.1) is 11.3 Å². The highest BCUT2D eigenvalue weighted by atomic mass is 32.1. The quantitative estimate of drug-likeness (QED) is 0.326. The Morgan fingerprint density at radius 2 is 1.48 bits per heavy atom. The third-order valence-corrected chi connectivity index (χ3v) is 6.16. The van der Waals surface area contributed by atoms with Gasteiger partial charge in [-0.05, 0) is 24.3 Å². The first-order chi connectivity index (χ1) is 13.4. The van der Waals surface area contributed by atoms with Gasteiger partial charge in [-0.2, -0.15) is 0 Å². The molecule has 126 valence electrons. The minimum absolute atomic E-state index is 0.887. The first-order valence-corrected chi connectivity index (χ1v) is 9.61. The molecule has 0 spiro atoms. The van der Waals surface area contributed by atoms with Crippen LogP contribution in [-0.2, 0) is 0 Å². The predicted octanol–water partition coefficient (Wildman–Crippen LogP) is 6.21. The molecule has 0 bridgehead atoms. The zero-order chi connectivity index (χ0) is 17.8. The van der Waals surface area contributed by atoms with Crippen molar-refractivity contribution in [3.05, 3.63) is 79.1 Å². The summed E-state index contributed by atoms with van der Waals surface area (Å²) in [6.07, 6.45) is 3.70. The second-order valence-electron chi connectivity index (χ2n) is 6.54. The highest BCUT2D eigenvalue weighted by Gasteiger charge is 2.13. The zero-order valence-electron chi connectivity index (χ0n) is 14.3. The number of hydrogen-bond donors (Lipinski definition) is 0. The average molecular weight is 363 g/mol. The lowest BCUT2D eigenvalue weighted by molar-refractivity contribution is 1.30. The Morgan fingerprint density at radius 3 is 2.44 bits per heavy atom. The van der Waals surface area contributed by atoms with Gasteiger partial charge in [0.2, 0.25) is 0 Å². The fourth-order valence-corrected chi connectivity index (χ4v) is 4.89. The first-order valence-electron chi connectivity index (χ1n) is 8.80. The Labute approximate surface area is 159 Å². The summed E-state index contributed by atoms with van der Waals surface area (Å²) >= 11 is 1.77. The Bertz CT molecular complexity index is 1480. The van der Waals surface area contributed by atoms with Crippen molar-refractivity contribution >= 4 is 53.3 Å². The monoisotopic (exact) mass is 363 g/mol. The van der Waals surface area contributed by atoms with Gasteiger partial charge in [-0.25, -0.2) is 4.98 Å². The molecule has 2 aromatic carbocycles. The topological polar surface area (TPSA) is 38.7 Å². The Hall–Kier alpha value is -3.37. The van der Waals surface area contributed by atoms with E-state index < -0.39 is 0 Å². The van der Waals surface area contributed by atoms with Crippen LogP contribution in [0.25, 0.3) is 53.4 Å². The maximum Gasteiger partial charge on any atom is 0.106 e. The number of thiophene rings is 1. The molecule has 0 N–H and O–H groups in total. The van der Waals surface area contributed by atoms with Gasteiger partial charge in [0.1, 0.15) is 5.69 Å². The molecule has 4 heterocycles. The van der Waals surface area contributed by atoms with Crippen molar-refractivity contribution in [2.75, 3.05) is 0 Å². The molecule has 27 heavy (non-hydrogen) atoms.